The van der Waals surface area contributed by atoms with Gasteiger partial charge >= 0.3 is 0 Å². The van der Waals surface area contributed by atoms with E-state index in [1.807, 2.05) is 34.6 Å². The van der Waals surface area contributed by atoms with Gasteiger partial charge in [0.2, 0.25) is 5.91 Å². The Hall–Kier alpha value is -0.610. The van der Waals surface area contributed by atoms with E-state index in [4.69, 9.17) is 5.73 Å². The predicted molar refractivity (Wildman–Crippen MR) is 70.5 cm³/mol. The van der Waals surface area contributed by atoms with E-state index in [1.54, 1.807) is 0 Å². The molecule has 0 aromatic carbocycles. The summed E-state index contributed by atoms with van der Waals surface area (Å²) in [6.07, 6.45) is 0.536. The number of aliphatic hydroxyl groups is 1. The van der Waals surface area contributed by atoms with Gasteiger partial charge < -0.3 is 16.2 Å². The Kier molecular flexibility index (Phi) is 6.72. The highest BCUT2D eigenvalue weighted by Gasteiger charge is 2.23. The molecule has 0 rings (SSSR count). The van der Waals surface area contributed by atoms with Crippen molar-refractivity contribution >= 4 is 5.91 Å². The molecule has 0 aliphatic carbocycles. The second kappa shape index (κ2) is 6.97. The maximum Gasteiger partial charge on any atom is 0.221 e. The molecule has 2 unspecified atom stereocenters. The summed E-state index contributed by atoms with van der Waals surface area (Å²) in [6, 6.07) is -0.162. The van der Waals surface area contributed by atoms with Gasteiger partial charge in [-0.1, -0.05) is 34.6 Å². The normalized spacial score (nSPS) is 15.8. The first-order valence-electron chi connectivity index (χ1n) is 6.33. The summed E-state index contributed by atoms with van der Waals surface area (Å²) < 4.78 is 0. The molecule has 17 heavy (non-hydrogen) atoms. The van der Waals surface area contributed by atoms with Crippen molar-refractivity contribution in [3.05, 3.63) is 0 Å². The molecule has 0 saturated heterocycles. The minimum atomic E-state index is -0.468. The van der Waals surface area contributed by atoms with Crippen LogP contribution >= 0.6 is 0 Å². The highest BCUT2D eigenvalue weighted by atomic mass is 16.3. The van der Waals surface area contributed by atoms with Crippen molar-refractivity contribution in [3.63, 3.8) is 0 Å². The maximum absolute atomic E-state index is 11.6. The van der Waals surface area contributed by atoms with E-state index < -0.39 is 6.10 Å². The zero-order valence-corrected chi connectivity index (χ0v) is 11.8. The van der Waals surface area contributed by atoms with Gasteiger partial charge in [-0.15, -0.1) is 0 Å². The molecule has 0 aliphatic rings. The summed E-state index contributed by atoms with van der Waals surface area (Å²) in [5.74, 6) is 0.342. The minimum absolute atomic E-state index is 0.0755. The third-order valence-corrected chi connectivity index (χ3v) is 2.80. The number of amides is 1. The number of carbonyl (C=O) groups is 1. The van der Waals surface area contributed by atoms with E-state index in [0.717, 1.165) is 0 Å². The van der Waals surface area contributed by atoms with E-state index in [0.29, 0.717) is 25.3 Å². The average Bonchev–Trinajstić information content (AvgIpc) is 2.12. The van der Waals surface area contributed by atoms with Gasteiger partial charge in [0.25, 0.3) is 0 Å². The van der Waals surface area contributed by atoms with Crippen molar-refractivity contribution in [2.45, 2.75) is 59.6 Å². The third-order valence-electron chi connectivity index (χ3n) is 2.80. The SMILES string of the molecule is CC(C)CC(O)CNC(=O)CC(N)C(C)(C)C. The summed E-state index contributed by atoms with van der Waals surface area (Å²) in [5.41, 5.74) is 5.84. The van der Waals surface area contributed by atoms with Crippen LogP contribution in [0.2, 0.25) is 0 Å². The zero-order chi connectivity index (χ0) is 13.6. The molecular weight excluding hydrogens is 216 g/mol. The van der Waals surface area contributed by atoms with E-state index in [1.165, 1.54) is 0 Å². The van der Waals surface area contributed by atoms with E-state index in [9.17, 15) is 9.90 Å². The first kappa shape index (κ1) is 16.4. The second-order valence-electron chi connectivity index (χ2n) is 6.26. The van der Waals surface area contributed by atoms with E-state index >= 15 is 0 Å². The van der Waals surface area contributed by atoms with Gasteiger partial charge in [-0.05, 0) is 17.8 Å². The Morgan fingerprint density at radius 1 is 1.35 bits per heavy atom. The maximum atomic E-state index is 11.6. The van der Waals surface area contributed by atoms with E-state index in [2.05, 4.69) is 5.32 Å². The van der Waals surface area contributed by atoms with Crippen molar-refractivity contribution in [2.75, 3.05) is 6.54 Å². The van der Waals surface area contributed by atoms with Crippen molar-refractivity contribution in [2.24, 2.45) is 17.1 Å². The molecule has 0 heterocycles. The summed E-state index contributed by atoms with van der Waals surface area (Å²) in [5, 5.41) is 12.3. The fourth-order valence-corrected chi connectivity index (χ4v) is 1.44. The average molecular weight is 244 g/mol. The third kappa shape index (κ3) is 8.16. The van der Waals surface area contributed by atoms with Gasteiger partial charge in [-0.25, -0.2) is 0 Å². The van der Waals surface area contributed by atoms with Crippen LogP contribution in [0.15, 0.2) is 0 Å². The standard InChI is InChI=1S/C13H28N2O2/c1-9(2)6-10(16)8-15-12(17)7-11(14)13(3,4)5/h9-11,16H,6-8,14H2,1-5H3,(H,15,17). The Balaban J connectivity index is 3.88. The zero-order valence-electron chi connectivity index (χ0n) is 11.8. The van der Waals surface area contributed by atoms with Crippen LogP contribution in [0, 0.1) is 11.3 Å². The number of rotatable bonds is 6. The molecule has 4 nitrogen and oxygen atoms in total. The van der Waals surface area contributed by atoms with Crippen LogP contribution in [0.4, 0.5) is 0 Å². The molecule has 0 saturated carbocycles. The Bertz CT molecular complexity index is 234. The lowest BCUT2D eigenvalue weighted by molar-refractivity contribution is -0.122. The van der Waals surface area contributed by atoms with Gasteiger partial charge in [0.15, 0.2) is 0 Å². The first-order valence-corrected chi connectivity index (χ1v) is 6.33. The smallest absolute Gasteiger partial charge is 0.221 e. The van der Waals surface area contributed by atoms with Crippen LogP contribution < -0.4 is 11.1 Å². The Labute approximate surface area is 105 Å². The second-order valence-corrected chi connectivity index (χ2v) is 6.26. The number of carbonyl (C=O) groups excluding carboxylic acids is 1. The molecule has 0 bridgehead atoms. The van der Waals surface area contributed by atoms with Crippen LogP contribution in [0.25, 0.3) is 0 Å². The van der Waals surface area contributed by atoms with Crippen LogP contribution in [0.5, 0.6) is 0 Å². The number of nitrogens with one attached hydrogen (secondary N) is 1. The molecule has 0 spiro atoms. The monoisotopic (exact) mass is 244 g/mol. The summed E-state index contributed by atoms with van der Waals surface area (Å²) in [4.78, 5) is 11.6. The largest absolute Gasteiger partial charge is 0.391 e. The number of hydrogen-bond acceptors (Lipinski definition) is 3. The number of nitrogens with two attached hydrogens (primary N) is 1. The molecule has 4 heteroatoms. The van der Waals surface area contributed by atoms with Crippen molar-refractivity contribution < 1.29 is 9.90 Å². The molecule has 4 N–H and O–H groups in total. The minimum Gasteiger partial charge on any atom is -0.391 e. The van der Waals surface area contributed by atoms with Gasteiger partial charge in [0.1, 0.15) is 0 Å². The molecule has 0 radical (unpaired) electrons. The highest BCUT2D eigenvalue weighted by Crippen LogP contribution is 2.19. The molecule has 0 aromatic rings. The van der Waals surface area contributed by atoms with Crippen LogP contribution in [0.1, 0.15) is 47.5 Å². The first-order chi connectivity index (χ1) is 7.62. The van der Waals surface area contributed by atoms with Crippen molar-refractivity contribution in [1.29, 1.82) is 0 Å². The van der Waals surface area contributed by atoms with Gasteiger partial charge in [-0.2, -0.15) is 0 Å². The lowest BCUT2D eigenvalue weighted by Crippen LogP contribution is -2.41. The van der Waals surface area contributed by atoms with E-state index in [-0.39, 0.29) is 17.4 Å². The topological polar surface area (TPSA) is 75.3 Å². The summed E-state index contributed by atoms with van der Waals surface area (Å²) >= 11 is 0. The summed E-state index contributed by atoms with van der Waals surface area (Å²) in [7, 11) is 0. The van der Waals surface area contributed by atoms with Crippen molar-refractivity contribution in [1.82, 2.24) is 5.32 Å². The Morgan fingerprint density at radius 3 is 2.29 bits per heavy atom. The predicted octanol–water partition coefficient (Wildman–Crippen LogP) is 1.27. The van der Waals surface area contributed by atoms with Gasteiger partial charge in [0, 0.05) is 19.0 Å². The molecule has 0 fully saturated rings. The lowest BCUT2D eigenvalue weighted by Gasteiger charge is -2.26. The van der Waals surface area contributed by atoms with Gasteiger partial charge in [-0.3, -0.25) is 4.79 Å². The van der Waals surface area contributed by atoms with Crippen molar-refractivity contribution in [3.8, 4) is 0 Å². The number of hydrogen-bond donors (Lipinski definition) is 3. The molecule has 0 aromatic heterocycles. The summed E-state index contributed by atoms with van der Waals surface area (Å²) in [6.45, 7) is 10.4. The quantitative estimate of drug-likeness (QED) is 0.658. The Morgan fingerprint density at radius 2 is 1.88 bits per heavy atom. The molecule has 102 valence electrons. The fourth-order valence-electron chi connectivity index (χ4n) is 1.44. The lowest BCUT2D eigenvalue weighted by atomic mass is 9.85. The van der Waals surface area contributed by atoms with Crippen LogP contribution in [-0.2, 0) is 4.79 Å². The molecule has 2 atom stereocenters. The van der Waals surface area contributed by atoms with Crippen LogP contribution in [0.3, 0.4) is 0 Å². The molecule has 0 aliphatic heterocycles. The fraction of sp³-hybridized carbons (Fsp3) is 0.923. The van der Waals surface area contributed by atoms with Gasteiger partial charge in [0.05, 0.1) is 6.10 Å². The van der Waals surface area contributed by atoms with Crippen LogP contribution in [-0.4, -0.2) is 29.7 Å². The number of aliphatic hydroxyl groups excluding tert-OH is 1. The molecule has 1 amide bonds. The highest BCUT2D eigenvalue weighted by molar-refractivity contribution is 5.76. The molecular formula is C13H28N2O2.